The SMILES string of the molecule is CCCN(C)C.[Si]. The van der Waals surface area contributed by atoms with Crippen LogP contribution in [0.2, 0.25) is 0 Å². The lowest BCUT2D eigenvalue weighted by Gasteiger charge is -2.03. The number of hydrogen-bond donors (Lipinski definition) is 0. The van der Waals surface area contributed by atoms with Crippen LogP contribution >= 0.6 is 0 Å². The van der Waals surface area contributed by atoms with Crippen molar-refractivity contribution < 1.29 is 0 Å². The van der Waals surface area contributed by atoms with Crippen LogP contribution in [-0.2, 0) is 0 Å². The minimum atomic E-state index is 0. The van der Waals surface area contributed by atoms with Crippen LogP contribution < -0.4 is 0 Å². The molecule has 7 heavy (non-hydrogen) atoms. The summed E-state index contributed by atoms with van der Waals surface area (Å²) in [6, 6.07) is 0. The van der Waals surface area contributed by atoms with Gasteiger partial charge < -0.3 is 4.90 Å². The summed E-state index contributed by atoms with van der Waals surface area (Å²) < 4.78 is 0. The van der Waals surface area contributed by atoms with E-state index >= 15 is 0 Å². The minimum absolute atomic E-state index is 0. The molecule has 0 amide bonds. The second-order valence-electron chi connectivity index (χ2n) is 1.80. The summed E-state index contributed by atoms with van der Waals surface area (Å²) >= 11 is 0. The van der Waals surface area contributed by atoms with Crippen molar-refractivity contribution in [3.05, 3.63) is 0 Å². The average Bonchev–Trinajstić information content (AvgIpc) is 1.35. The van der Waals surface area contributed by atoms with Crippen molar-refractivity contribution in [3.8, 4) is 0 Å². The monoisotopic (exact) mass is 115 g/mol. The van der Waals surface area contributed by atoms with Crippen LogP contribution in [0.3, 0.4) is 0 Å². The van der Waals surface area contributed by atoms with Gasteiger partial charge in [-0.3, -0.25) is 0 Å². The Hall–Kier alpha value is 0.177. The third kappa shape index (κ3) is 10.7. The molecule has 4 radical (unpaired) electrons. The zero-order chi connectivity index (χ0) is 4.99. The van der Waals surface area contributed by atoms with Crippen LogP contribution in [0.1, 0.15) is 13.3 Å². The molecule has 0 spiro atoms. The molecule has 0 aliphatic carbocycles. The van der Waals surface area contributed by atoms with Crippen molar-refractivity contribution in [2.45, 2.75) is 13.3 Å². The minimum Gasteiger partial charge on any atom is -0.309 e. The first-order valence-corrected chi connectivity index (χ1v) is 2.42. The van der Waals surface area contributed by atoms with Gasteiger partial charge in [0, 0.05) is 11.0 Å². The summed E-state index contributed by atoms with van der Waals surface area (Å²) in [5.74, 6) is 0. The van der Waals surface area contributed by atoms with Gasteiger partial charge in [0.2, 0.25) is 0 Å². The van der Waals surface area contributed by atoms with Gasteiger partial charge in [0.05, 0.1) is 0 Å². The molecule has 0 aliphatic heterocycles. The summed E-state index contributed by atoms with van der Waals surface area (Å²) in [7, 11) is 4.17. The van der Waals surface area contributed by atoms with Crippen LogP contribution in [0.5, 0.6) is 0 Å². The van der Waals surface area contributed by atoms with E-state index in [2.05, 4.69) is 25.9 Å². The van der Waals surface area contributed by atoms with Crippen LogP contribution in [0.4, 0.5) is 0 Å². The zero-order valence-electron chi connectivity index (χ0n) is 5.36. The maximum atomic E-state index is 2.18. The zero-order valence-corrected chi connectivity index (χ0v) is 6.36. The van der Waals surface area contributed by atoms with Crippen molar-refractivity contribution in [2.75, 3.05) is 20.6 Å². The molecular weight excluding hydrogens is 102 g/mol. The quantitative estimate of drug-likeness (QED) is 0.476. The van der Waals surface area contributed by atoms with E-state index in [9.17, 15) is 0 Å². The van der Waals surface area contributed by atoms with Gasteiger partial charge in [0.15, 0.2) is 0 Å². The molecule has 0 N–H and O–H groups in total. The average molecular weight is 115 g/mol. The predicted molar refractivity (Wildman–Crippen MR) is 34.6 cm³/mol. The number of hydrogen-bond acceptors (Lipinski definition) is 1. The highest BCUT2D eigenvalue weighted by atomic mass is 28.1. The Kier molecular flexibility index (Phi) is 9.02. The third-order valence-electron chi connectivity index (χ3n) is 0.671. The maximum Gasteiger partial charge on any atom is 0 e. The summed E-state index contributed by atoms with van der Waals surface area (Å²) in [5, 5.41) is 0. The maximum absolute atomic E-state index is 2.18. The molecule has 0 fully saturated rings. The molecule has 0 aromatic rings. The summed E-state index contributed by atoms with van der Waals surface area (Å²) in [4.78, 5) is 2.18. The Morgan fingerprint density at radius 1 is 1.29 bits per heavy atom. The first-order chi connectivity index (χ1) is 2.77. The van der Waals surface area contributed by atoms with E-state index < -0.39 is 0 Å². The van der Waals surface area contributed by atoms with Gasteiger partial charge >= 0.3 is 0 Å². The van der Waals surface area contributed by atoms with E-state index in [1.54, 1.807) is 0 Å². The largest absolute Gasteiger partial charge is 0.309 e. The Labute approximate surface area is 50.7 Å². The normalized spacial score (nSPS) is 8.57. The van der Waals surface area contributed by atoms with Crippen molar-refractivity contribution in [1.82, 2.24) is 4.90 Å². The number of nitrogens with zero attached hydrogens (tertiary/aromatic N) is 1. The van der Waals surface area contributed by atoms with E-state index in [0.29, 0.717) is 0 Å². The van der Waals surface area contributed by atoms with Crippen LogP contribution in [0, 0.1) is 0 Å². The lowest BCUT2D eigenvalue weighted by Crippen LogP contribution is -2.11. The van der Waals surface area contributed by atoms with E-state index in [0.717, 1.165) is 0 Å². The van der Waals surface area contributed by atoms with Crippen molar-refractivity contribution in [3.63, 3.8) is 0 Å². The molecule has 1 nitrogen and oxygen atoms in total. The Morgan fingerprint density at radius 2 is 1.71 bits per heavy atom. The summed E-state index contributed by atoms with van der Waals surface area (Å²) in [5.41, 5.74) is 0. The standard InChI is InChI=1S/C5H13N.Si/c1-4-5-6(2)3;/h4-5H2,1-3H3;. The van der Waals surface area contributed by atoms with Gasteiger partial charge in [-0.15, -0.1) is 0 Å². The highest BCUT2D eigenvalue weighted by molar-refractivity contribution is 5.75. The van der Waals surface area contributed by atoms with E-state index in [1.165, 1.54) is 13.0 Å². The number of rotatable bonds is 2. The van der Waals surface area contributed by atoms with E-state index in [1.807, 2.05) is 0 Å². The summed E-state index contributed by atoms with van der Waals surface area (Å²) in [6.07, 6.45) is 1.26. The fraction of sp³-hybridized carbons (Fsp3) is 1.00. The van der Waals surface area contributed by atoms with Crippen LogP contribution in [-0.4, -0.2) is 36.5 Å². The fourth-order valence-electron chi connectivity index (χ4n) is 0.447. The molecule has 0 heterocycles. The van der Waals surface area contributed by atoms with Crippen molar-refractivity contribution in [1.29, 1.82) is 0 Å². The predicted octanol–water partition coefficient (Wildman–Crippen LogP) is 0.577. The molecule has 0 saturated heterocycles. The van der Waals surface area contributed by atoms with E-state index in [-0.39, 0.29) is 11.0 Å². The molecule has 0 saturated carbocycles. The Morgan fingerprint density at radius 3 is 1.71 bits per heavy atom. The van der Waals surface area contributed by atoms with Gasteiger partial charge in [-0.2, -0.15) is 0 Å². The molecule has 0 bridgehead atoms. The second-order valence-corrected chi connectivity index (χ2v) is 1.80. The molecule has 0 aliphatic rings. The molecule has 0 atom stereocenters. The van der Waals surface area contributed by atoms with Gasteiger partial charge in [0.1, 0.15) is 0 Å². The summed E-state index contributed by atoms with van der Waals surface area (Å²) in [6.45, 7) is 3.39. The molecule has 2 heteroatoms. The second kappa shape index (κ2) is 6.18. The molecule has 0 aromatic heterocycles. The Balaban J connectivity index is 0. The highest BCUT2D eigenvalue weighted by Gasteiger charge is 1.79. The van der Waals surface area contributed by atoms with Crippen molar-refractivity contribution >= 4 is 11.0 Å². The fourth-order valence-corrected chi connectivity index (χ4v) is 0.447. The highest BCUT2D eigenvalue weighted by Crippen LogP contribution is 1.76. The van der Waals surface area contributed by atoms with Crippen molar-refractivity contribution in [2.24, 2.45) is 0 Å². The molecule has 0 rings (SSSR count). The molecule has 42 valence electrons. The first kappa shape index (κ1) is 10.2. The molecule has 0 unspecified atom stereocenters. The van der Waals surface area contributed by atoms with Gasteiger partial charge in [-0.1, -0.05) is 6.92 Å². The molecular formula is C5H13NSi. The third-order valence-corrected chi connectivity index (χ3v) is 0.671. The van der Waals surface area contributed by atoms with Crippen LogP contribution in [0.25, 0.3) is 0 Å². The first-order valence-electron chi connectivity index (χ1n) is 2.42. The van der Waals surface area contributed by atoms with Gasteiger partial charge in [-0.05, 0) is 27.1 Å². The smallest absolute Gasteiger partial charge is 0 e. The lowest BCUT2D eigenvalue weighted by molar-refractivity contribution is 0.408. The molecule has 0 aromatic carbocycles. The lowest BCUT2D eigenvalue weighted by atomic mass is 10.5. The van der Waals surface area contributed by atoms with E-state index in [4.69, 9.17) is 0 Å². The topological polar surface area (TPSA) is 3.24 Å². The van der Waals surface area contributed by atoms with Gasteiger partial charge in [0.25, 0.3) is 0 Å². The van der Waals surface area contributed by atoms with Crippen LogP contribution in [0.15, 0.2) is 0 Å². The Bertz CT molecular complexity index is 29.3. The van der Waals surface area contributed by atoms with Gasteiger partial charge in [-0.25, -0.2) is 0 Å².